The molecule has 0 spiro atoms. The SMILES string of the molecule is O=S1(=O)CCC(S(=O)(=O)NCC2CCCC2CO)CC1. The van der Waals surface area contributed by atoms with Crippen LogP contribution in [0.25, 0.3) is 0 Å². The lowest BCUT2D eigenvalue weighted by Gasteiger charge is -2.24. The van der Waals surface area contributed by atoms with Crippen molar-refractivity contribution in [3.05, 3.63) is 0 Å². The van der Waals surface area contributed by atoms with Crippen LogP contribution in [-0.4, -0.2) is 51.8 Å². The van der Waals surface area contributed by atoms with Crippen LogP contribution in [0.2, 0.25) is 0 Å². The smallest absolute Gasteiger partial charge is 0.214 e. The summed E-state index contributed by atoms with van der Waals surface area (Å²) in [5.41, 5.74) is 0. The van der Waals surface area contributed by atoms with Crippen LogP contribution >= 0.6 is 0 Å². The number of sulfonamides is 1. The predicted octanol–water partition coefficient (Wildman–Crippen LogP) is -0.108. The molecule has 20 heavy (non-hydrogen) atoms. The van der Waals surface area contributed by atoms with Gasteiger partial charge in [0.1, 0.15) is 9.84 Å². The van der Waals surface area contributed by atoms with Crippen LogP contribution in [0.3, 0.4) is 0 Å². The Kier molecular flexibility index (Phi) is 5.09. The third-order valence-electron chi connectivity index (χ3n) is 4.54. The van der Waals surface area contributed by atoms with Crippen molar-refractivity contribution < 1.29 is 21.9 Å². The quantitative estimate of drug-likeness (QED) is 0.735. The molecule has 0 aromatic heterocycles. The highest BCUT2D eigenvalue weighted by molar-refractivity contribution is 7.92. The van der Waals surface area contributed by atoms with Gasteiger partial charge in [0.2, 0.25) is 10.0 Å². The summed E-state index contributed by atoms with van der Waals surface area (Å²) in [5.74, 6) is 0.300. The maximum atomic E-state index is 12.2. The molecule has 0 radical (unpaired) electrons. The Labute approximate surface area is 120 Å². The molecule has 8 heteroatoms. The van der Waals surface area contributed by atoms with E-state index in [1.54, 1.807) is 0 Å². The van der Waals surface area contributed by atoms with Gasteiger partial charge in [0, 0.05) is 13.2 Å². The topological polar surface area (TPSA) is 101 Å². The van der Waals surface area contributed by atoms with Crippen LogP contribution < -0.4 is 4.72 Å². The lowest BCUT2D eigenvalue weighted by atomic mass is 9.97. The average molecular weight is 325 g/mol. The molecule has 1 heterocycles. The fraction of sp³-hybridized carbons (Fsp3) is 1.00. The Balaban J connectivity index is 1.88. The fourth-order valence-corrected chi connectivity index (χ4v) is 6.47. The van der Waals surface area contributed by atoms with Gasteiger partial charge in [-0.3, -0.25) is 0 Å². The summed E-state index contributed by atoms with van der Waals surface area (Å²) in [6.07, 6.45) is 3.29. The summed E-state index contributed by atoms with van der Waals surface area (Å²) < 4.78 is 49.6. The van der Waals surface area contributed by atoms with Crippen LogP contribution in [0.1, 0.15) is 32.1 Å². The first-order valence-electron chi connectivity index (χ1n) is 7.14. The number of nitrogens with one attached hydrogen (secondary N) is 1. The van der Waals surface area contributed by atoms with Gasteiger partial charge in [-0.05, 0) is 37.5 Å². The van der Waals surface area contributed by atoms with Gasteiger partial charge in [0.05, 0.1) is 16.8 Å². The first-order chi connectivity index (χ1) is 9.34. The zero-order valence-corrected chi connectivity index (χ0v) is 13.1. The van der Waals surface area contributed by atoms with Gasteiger partial charge in [-0.2, -0.15) is 0 Å². The van der Waals surface area contributed by atoms with Crippen molar-refractivity contribution in [3.8, 4) is 0 Å². The molecule has 2 unspecified atom stereocenters. The molecule has 1 saturated heterocycles. The van der Waals surface area contributed by atoms with Crippen molar-refractivity contribution in [1.82, 2.24) is 4.72 Å². The van der Waals surface area contributed by atoms with Gasteiger partial charge in [0.25, 0.3) is 0 Å². The van der Waals surface area contributed by atoms with E-state index < -0.39 is 25.1 Å². The number of sulfone groups is 1. The molecular formula is C12H23NO5S2. The molecule has 0 amide bonds. The molecule has 1 aliphatic carbocycles. The summed E-state index contributed by atoms with van der Waals surface area (Å²) in [5, 5.41) is 8.63. The van der Waals surface area contributed by atoms with E-state index in [1.165, 1.54) is 0 Å². The van der Waals surface area contributed by atoms with E-state index in [4.69, 9.17) is 0 Å². The van der Waals surface area contributed by atoms with Gasteiger partial charge in [-0.25, -0.2) is 21.6 Å². The minimum absolute atomic E-state index is 0.0404. The van der Waals surface area contributed by atoms with Crippen molar-refractivity contribution in [2.75, 3.05) is 24.7 Å². The number of rotatable bonds is 5. The maximum Gasteiger partial charge on any atom is 0.214 e. The standard InChI is InChI=1S/C12H23NO5S2/c14-9-11-3-1-2-10(11)8-13-20(17,18)12-4-6-19(15,16)7-5-12/h10-14H,1-9H2. The highest BCUT2D eigenvalue weighted by Crippen LogP contribution is 2.31. The van der Waals surface area contributed by atoms with E-state index in [2.05, 4.69) is 4.72 Å². The second kappa shape index (κ2) is 6.29. The van der Waals surface area contributed by atoms with E-state index in [0.717, 1.165) is 19.3 Å². The number of hydrogen-bond acceptors (Lipinski definition) is 5. The predicted molar refractivity (Wildman–Crippen MR) is 76.5 cm³/mol. The summed E-state index contributed by atoms with van der Waals surface area (Å²) in [6, 6.07) is 0. The minimum Gasteiger partial charge on any atom is -0.396 e. The molecule has 2 N–H and O–H groups in total. The molecule has 118 valence electrons. The maximum absolute atomic E-state index is 12.2. The van der Waals surface area contributed by atoms with Crippen LogP contribution in [0.4, 0.5) is 0 Å². The number of aliphatic hydroxyl groups excluding tert-OH is 1. The molecule has 1 aliphatic heterocycles. The van der Waals surface area contributed by atoms with Crippen LogP contribution in [0.15, 0.2) is 0 Å². The molecular weight excluding hydrogens is 302 g/mol. The summed E-state index contributed by atoms with van der Waals surface area (Å²) in [6.45, 7) is 0.463. The van der Waals surface area contributed by atoms with Gasteiger partial charge < -0.3 is 5.11 Å². The zero-order chi connectivity index (χ0) is 14.8. The molecule has 2 fully saturated rings. The zero-order valence-electron chi connectivity index (χ0n) is 11.5. The summed E-state index contributed by atoms with van der Waals surface area (Å²) in [4.78, 5) is 0. The fourth-order valence-electron chi connectivity index (χ4n) is 3.14. The summed E-state index contributed by atoms with van der Waals surface area (Å²) in [7, 11) is -6.49. The average Bonchev–Trinajstić information content (AvgIpc) is 2.83. The molecule has 2 atom stereocenters. The monoisotopic (exact) mass is 325 g/mol. The van der Waals surface area contributed by atoms with Gasteiger partial charge in [0.15, 0.2) is 0 Å². The Bertz CT molecular complexity index is 514. The van der Waals surface area contributed by atoms with Crippen molar-refractivity contribution >= 4 is 19.9 Å². The second-order valence-corrected chi connectivity index (χ2v) is 10.2. The van der Waals surface area contributed by atoms with Gasteiger partial charge >= 0.3 is 0 Å². The number of hydrogen-bond donors (Lipinski definition) is 2. The van der Waals surface area contributed by atoms with E-state index >= 15 is 0 Å². The highest BCUT2D eigenvalue weighted by atomic mass is 32.2. The van der Waals surface area contributed by atoms with Crippen molar-refractivity contribution in [2.45, 2.75) is 37.4 Å². The molecule has 2 rings (SSSR count). The van der Waals surface area contributed by atoms with E-state index in [-0.39, 0.29) is 42.8 Å². The molecule has 6 nitrogen and oxygen atoms in total. The number of aliphatic hydroxyl groups is 1. The Hall–Kier alpha value is -0.180. The molecule has 2 aliphatic rings. The normalized spacial score (nSPS) is 31.4. The van der Waals surface area contributed by atoms with Crippen molar-refractivity contribution in [1.29, 1.82) is 0 Å². The Morgan fingerprint density at radius 1 is 1.05 bits per heavy atom. The second-order valence-electron chi connectivity index (χ2n) is 5.88. The van der Waals surface area contributed by atoms with Gasteiger partial charge in [-0.15, -0.1) is 0 Å². The van der Waals surface area contributed by atoms with Crippen molar-refractivity contribution in [3.63, 3.8) is 0 Å². The molecule has 0 bridgehead atoms. The molecule has 0 aromatic carbocycles. The van der Waals surface area contributed by atoms with Crippen LogP contribution in [-0.2, 0) is 19.9 Å². The third-order valence-corrected chi connectivity index (χ3v) is 8.17. The van der Waals surface area contributed by atoms with Crippen LogP contribution in [0.5, 0.6) is 0 Å². The first kappa shape index (κ1) is 16.2. The van der Waals surface area contributed by atoms with E-state index in [9.17, 15) is 21.9 Å². The van der Waals surface area contributed by atoms with E-state index in [0.29, 0.717) is 6.54 Å². The third kappa shape index (κ3) is 3.93. The lowest BCUT2D eigenvalue weighted by Crippen LogP contribution is -2.42. The summed E-state index contributed by atoms with van der Waals surface area (Å²) >= 11 is 0. The Morgan fingerprint density at radius 2 is 1.65 bits per heavy atom. The van der Waals surface area contributed by atoms with E-state index in [1.807, 2.05) is 0 Å². The lowest BCUT2D eigenvalue weighted by molar-refractivity contribution is 0.195. The molecule has 0 aromatic rings. The minimum atomic E-state index is -3.45. The largest absolute Gasteiger partial charge is 0.396 e. The van der Waals surface area contributed by atoms with Gasteiger partial charge in [-0.1, -0.05) is 6.42 Å². The van der Waals surface area contributed by atoms with Crippen LogP contribution in [0, 0.1) is 11.8 Å². The highest BCUT2D eigenvalue weighted by Gasteiger charge is 2.34. The molecule has 1 saturated carbocycles. The Morgan fingerprint density at radius 3 is 2.25 bits per heavy atom. The first-order valence-corrected chi connectivity index (χ1v) is 10.5. The van der Waals surface area contributed by atoms with Crippen molar-refractivity contribution in [2.24, 2.45) is 11.8 Å².